The highest BCUT2D eigenvalue weighted by molar-refractivity contribution is 5.83. The summed E-state index contributed by atoms with van der Waals surface area (Å²) in [5.41, 5.74) is 0. The van der Waals surface area contributed by atoms with Crippen LogP contribution in [0.4, 0.5) is 0 Å². The molecule has 1 aliphatic rings. The van der Waals surface area contributed by atoms with Crippen LogP contribution < -0.4 is 5.32 Å². The Hall–Kier alpha value is -1.99. The first-order valence-corrected chi connectivity index (χ1v) is 8.96. The molecule has 1 saturated carbocycles. The molecule has 8 nitrogen and oxygen atoms in total. The van der Waals surface area contributed by atoms with E-state index in [0.717, 1.165) is 25.7 Å². The molecule has 2 N–H and O–H groups in total. The van der Waals surface area contributed by atoms with E-state index in [0.29, 0.717) is 24.8 Å². The number of tetrazole rings is 1. The number of carbonyl (C=O) groups excluding carboxylic acids is 2. The molecule has 2 amide bonds. The van der Waals surface area contributed by atoms with Crippen LogP contribution in [0.1, 0.15) is 70.7 Å². The lowest BCUT2D eigenvalue weighted by Gasteiger charge is -2.29. The average molecular weight is 336 g/mol. The first kappa shape index (κ1) is 18.4. The summed E-state index contributed by atoms with van der Waals surface area (Å²) in [6.45, 7) is 5.22. The van der Waals surface area contributed by atoms with Gasteiger partial charge in [0.1, 0.15) is 0 Å². The number of H-pyrrole nitrogens is 1. The molecular formula is C16H28N6O2. The lowest BCUT2D eigenvalue weighted by Crippen LogP contribution is -2.36. The van der Waals surface area contributed by atoms with E-state index in [9.17, 15) is 9.59 Å². The lowest BCUT2D eigenvalue weighted by atomic mass is 9.83. The molecule has 0 spiro atoms. The Morgan fingerprint density at radius 2 is 1.92 bits per heavy atom. The number of carbonyl (C=O) groups is 2. The molecule has 1 fully saturated rings. The Morgan fingerprint density at radius 3 is 2.50 bits per heavy atom. The summed E-state index contributed by atoms with van der Waals surface area (Å²) in [6, 6.07) is -0.222. The van der Waals surface area contributed by atoms with Crippen LogP contribution in [-0.2, 0) is 9.59 Å². The predicted molar refractivity (Wildman–Crippen MR) is 88.8 cm³/mol. The molecule has 1 unspecified atom stereocenters. The average Bonchev–Trinajstić information content (AvgIpc) is 3.14. The van der Waals surface area contributed by atoms with Crippen molar-refractivity contribution in [3.63, 3.8) is 0 Å². The molecule has 1 aliphatic carbocycles. The zero-order chi connectivity index (χ0) is 17.4. The fraction of sp³-hybridized carbons (Fsp3) is 0.812. The molecule has 0 aromatic carbocycles. The molecule has 1 aromatic rings. The van der Waals surface area contributed by atoms with Crippen LogP contribution in [-0.4, -0.2) is 50.4 Å². The van der Waals surface area contributed by atoms with Crippen molar-refractivity contribution in [3.05, 3.63) is 5.82 Å². The number of aromatic nitrogens is 4. The van der Waals surface area contributed by atoms with E-state index in [1.165, 1.54) is 6.42 Å². The first-order valence-electron chi connectivity index (χ1n) is 8.96. The second-order valence-electron chi connectivity index (χ2n) is 6.28. The van der Waals surface area contributed by atoms with Gasteiger partial charge in [0.05, 0.1) is 6.04 Å². The van der Waals surface area contributed by atoms with Crippen molar-refractivity contribution in [2.75, 3.05) is 13.1 Å². The Bertz CT molecular complexity index is 509. The maximum absolute atomic E-state index is 12.3. The molecule has 1 aromatic heterocycles. The van der Waals surface area contributed by atoms with Crippen molar-refractivity contribution >= 4 is 11.8 Å². The van der Waals surface area contributed by atoms with Crippen LogP contribution in [0.15, 0.2) is 0 Å². The van der Waals surface area contributed by atoms with Gasteiger partial charge in [0.2, 0.25) is 11.8 Å². The molecule has 0 bridgehead atoms. The number of hydrogen-bond donors (Lipinski definition) is 2. The Morgan fingerprint density at radius 1 is 1.21 bits per heavy atom. The van der Waals surface area contributed by atoms with E-state index >= 15 is 0 Å². The van der Waals surface area contributed by atoms with Gasteiger partial charge in [0.15, 0.2) is 5.82 Å². The standard InChI is InChI=1S/C16H28N6O2/c1-3-22(4-2)14(24)11-10-13(23)17-15(16-18-20-21-19-16)12-8-6-5-7-9-12/h12,15H,3-11H2,1-2H3,(H,17,23)(H,18,19,20,21). The Labute approximate surface area is 142 Å². The smallest absolute Gasteiger partial charge is 0.223 e. The van der Waals surface area contributed by atoms with Crippen molar-refractivity contribution in [2.45, 2.75) is 64.8 Å². The van der Waals surface area contributed by atoms with Gasteiger partial charge in [-0.25, -0.2) is 0 Å². The summed E-state index contributed by atoms with van der Waals surface area (Å²) in [6.07, 6.45) is 6.09. The van der Waals surface area contributed by atoms with Crippen LogP contribution in [0.2, 0.25) is 0 Å². The maximum Gasteiger partial charge on any atom is 0.223 e. The number of nitrogens with zero attached hydrogens (tertiary/aromatic N) is 4. The highest BCUT2D eigenvalue weighted by atomic mass is 16.2. The van der Waals surface area contributed by atoms with Gasteiger partial charge in [-0.1, -0.05) is 24.5 Å². The molecule has 1 heterocycles. The van der Waals surface area contributed by atoms with Gasteiger partial charge in [0.25, 0.3) is 0 Å². The molecular weight excluding hydrogens is 308 g/mol. The van der Waals surface area contributed by atoms with Crippen molar-refractivity contribution in [2.24, 2.45) is 5.92 Å². The molecule has 0 aliphatic heterocycles. The van der Waals surface area contributed by atoms with E-state index in [1.807, 2.05) is 13.8 Å². The zero-order valence-electron chi connectivity index (χ0n) is 14.6. The van der Waals surface area contributed by atoms with Crippen molar-refractivity contribution < 1.29 is 9.59 Å². The number of hydrogen-bond acceptors (Lipinski definition) is 5. The largest absolute Gasteiger partial charge is 0.346 e. The minimum atomic E-state index is -0.222. The van der Waals surface area contributed by atoms with Crippen molar-refractivity contribution in [3.8, 4) is 0 Å². The molecule has 0 radical (unpaired) electrons. The third-order valence-electron chi connectivity index (χ3n) is 4.76. The quantitative estimate of drug-likeness (QED) is 0.750. The lowest BCUT2D eigenvalue weighted by molar-refractivity contribution is -0.133. The van der Waals surface area contributed by atoms with Gasteiger partial charge < -0.3 is 10.2 Å². The van der Waals surface area contributed by atoms with Crippen LogP contribution in [0.3, 0.4) is 0 Å². The summed E-state index contributed by atoms with van der Waals surface area (Å²) in [5, 5.41) is 17.2. The Balaban J connectivity index is 1.91. The topological polar surface area (TPSA) is 104 Å². The van der Waals surface area contributed by atoms with Gasteiger partial charge in [-0.2, -0.15) is 5.21 Å². The van der Waals surface area contributed by atoms with Crippen molar-refractivity contribution in [1.82, 2.24) is 30.8 Å². The maximum atomic E-state index is 12.3. The van der Waals surface area contributed by atoms with E-state index in [2.05, 4.69) is 25.9 Å². The normalized spacial score (nSPS) is 16.6. The van der Waals surface area contributed by atoms with E-state index in [-0.39, 0.29) is 30.7 Å². The summed E-state index contributed by atoms with van der Waals surface area (Å²) < 4.78 is 0. The number of amides is 2. The summed E-state index contributed by atoms with van der Waals surface area (Å²) in [7, 11) is 0. The Kier molecular flexibility index (Phi) is 7.14. The van der Waals surface area contributed by atoms with Crippen molar-refractivity contribution in [1.29, 1.82) is 0 Å². The predicted octanol–water partition coefficient (Wildman–Crippen LogP) is 1.59. The third kappa shape index (κ3) is 5.01. The van der Waals surface area contributed by atoms with Crippen LogP contribution in [0.25, 0.3) is 0 Å². The second kappa shape index (κ2) is 9.34. The highest BCUT2D eigenvalue weighted by Gasteiger charge is 2.29. The molecule has 0 saturated heterocycles. The van der Waals surface area contributed by atoms with E-state index in [1.54, 1.807) is 4.90 Å². The monoisotopic (exact) mass is 336 g/mol. The summed E-state index contributed by atoms with van der Waals surface area (Å²) in [4.78, 5) is 26.1. The van der Waals surface area contributed by atoms with E-state index < -0.39 is 0 Å². The molecule has 1 atom stereocenters. The first-order chi connectivity index (χ1) is 11.7. The summed E-state index contributed by atoms with van der Waals surface area (Å²) >= 11 is 0. The van der Waals surface area contributed by atoms with E-state index in [4.69, 9.17) is 0 Å². The van der Waals surface area contributed by atoms with Crippen LogP contribution in [0.5, 0.6) is 0 Å². The third-order valence-corrected chi connectivity index (χ3v) is 4.76. The fourth-order valence-corrected chi connectivity index (χ4v) is 3.36. The zero-order valence-corrected chi connectivity index (χ0v) is 14.6. The summed E-state index contributed by atoms with van der Waals surface area (Å²) in [5.74, 6) is 0.754. The van der Waals surface area contributed by atoms with Gasteiger partial charge in [-0.3, -0.25) is 9.59 Å². The van der Waals surface area contributed by atoms with Crippen LogP contribution in [0, 0.1) is 5.92 Å². The van der Waals surface area contributed by atoms with Gasteiger partial charge in [-0.05, 0) is 32.6 Å². The fourth-order valence-electron chi connectivity index (χ4n) is 3.36. The van der Waals surface area contributed by atoms with Gasteiger partial charge in [0, 0.05) is 25.9 Å². The minimum absolute atomic E-state index is 0.0175. The molecule has 134 valence electrons. The molecule has 24 heavy (non-hydrogen) atoms. The number of nitrogens with one attached hydrogen (secondary N) is 2. The molecule has 8 heteroatoms. The highest BCUT2D eigenvalue weighted by Crippen LogP contribution is 2.32. The molecule has 2 rings (SSSR count). The van der Waals surface area contributed by atoms with Gasteiger partial charge in [-0.15, -0.1) is 10.2 Å². The minimum Gasteiger partial charge on any atom is -0.346 e. The second-order valence-corrected chi connectivity index (χ2v) is 6.28. The number of aromatic amines is 1. The van der Waals surface area contributed by atoms with Crippen LogP contribution >= 0.6 is 0 Å². The SMILES string of the molecule is CCN(CC)C(=O)CCC(=O)NC(c1nn[nH]n1)C1CCCCC1. The number of rotatable bonds is 8. The van der Waals surface area contributed by atoms with Gasteiger partial charge >= 0.3 is 0 Å².